The van der Waals surface area contributed by atoms with Crippen LogP contribution in [0.2, 0.25) is 0 Å². The lowest BCUT2D eigenvalue weighted by Crippen LogP contribution is -2.50. The number of halogens is 2. The number of amides is 1. The molecule has 2 aromatic carbocycles. The van der Waals surface area contributed by atoms with Crippen LogP contribution in [-0.2, 0) is 14.8 Å². The fourth-order valence-corrected chi connectivity index (χ4v) is 4.88. The van der Waals surface area contributed by atoms with Gasteiger partial charge in [-0.25, -0.2) is 21.9 Å². The van der Waals surface area contributed by atoms with Crippen LogP contribution < -0.4 is 10.0 Å². The molecule has 33 heavy (non-hydrogen) atoms. The van der Waals surface area contributed by atoms with E-state index in [1.807, 2.05) is 6.92 Å². The Hall–Kier alpha value is -3.11. The second-order valence-electron chi connectivity index (χ2n) is 8.08. The summed E-state index contributed by atoms with van der Waals surface area (Å²) in [5, 5.41) is 7.13. The molecule has 2 atom stereocenters. The lowest BCUT2D eigenvalue weighted by atomic mass is 10.0. The third kappa shape index (κ3) is 5.45. The first-order valence-corrected chi connectivity index (χ1v) is 11.9. The van der Waals surface area contributed by atoms with Gasteiger partial charge in [0.15, 0.2) is 0 Å². The van der Waals surface area contributed by atoms with Crippen LogP contribution in [0.15, 0.2) is 59.6 Å². The van der Waals surface area contributed by atoms with Crippen molar-refractivity contribution in [3.05, 3.63) is 77.6 Å². The average molecular weight is 477 g/mol. The van der Waals surface area contributed by atoms with E-state index in [9.17, 15) is 22.0 Å². The highest BCUT2D eigenvalue weighted by Gasteiger charge is 2.31. The molecule has 0 spiro atoms. The maximum atomic E-state index is 14.0. The summed E-state index contributed by atoms with van der Waals surface area (Å²) in [6, 6.07) is 9.21. The molecule has 0 saturated carbocycles. The molecule has 0 aliphatic rings. The molecule has 0 saturated heterocycles. The second-order valence-corrected chi connectivity index (χ2v) is 9.76. The number of aromatic nitrogens is 2. The van der Waals surface area contributed by atoms with Crippen LogP contribution in [0.4, 0.5) is 8.78 Å². The largest absolute Gasteiger partial charge is 0.348 e. The van der Waals surface area contributed by atoms with Gasteiger partial charge in [0.25, 0.3) is 0 Å². The van der Waals surface area contributed by atoms with Gasteiger partial charge in [-0.2, -0.15) is 9.82 Å². The van der Waals surface area contributed by atoms with Gasteiger partial charge >= 0.3 is 0 Å². The standard InChI is InChI=1S/C23H26F2N4O3S/c1-14(2)22(28-33(31,32)21-8-6-5-7-20(21)25)23(30)27-15(3)19-13-26-29(16(19)4)18-11-9-17(24)10-12-18/h5-15,22,28H,1-4H3,(H,27,30)/t15?,22-/m0/s1. The highest BCUT2D eigenvalue weighted by atomic mass is 32.2. The maximum Gasteiger partial charge on any atom is 0.244 e. The summed E-state index contributed by atoms with van der Waals surface area (Å²) in [5.74, 6) is -2.21. The van der Waals surface area contributed by atoms with E-state index in [0.29, 0.717) is 11.3 Å². The molecule has 176 valence electrons. The van der Waals surface area contributed by atoms with Crippen molar-refractivity contribution in [3.63, 3.8) is 0 Å². The molecule has 3 aromatic rings. The summed E-state index contributed by atoms with van der Waals surface area (Å²) in [7, 11) is -4.26. The highest BCUT2D eigenvalue weighted by Crippen LogP contribution is 2.21. The summed E-state index contributed by atoms with van der Waals surface area (Å²) in [6.45, 7) is 6.95. The van der Waals surface area contributed by atoms with Gasteiger partial charge in [0, 0.05) is 11.3 Å². The molecular weight excluding hydrogens is 450 g/mol. The second kappa shape index (κ2) is 9.80. The number of nitrogens with one attached hydrogen (secondary N) is 2. The Morgan fingerprint density at radius 2 is 1.67 bits per heavy atom. The lowest BCUT2D eigenvalue weighted by molar-refractivity contribution is -0.124. The number of nitrogens with zero attached hydrogens (tertiary/aromatic N) is 2. The molecule has 2 N–H and O–H groups in total. The van der Waals surface area contributed by atoms with Crippen molar-refractivity contribution < 1.29 is 22.0 Å². The van der Waals surface area contributed by atoms with Gasteiger partial charge < -0.3 is 5.32 Å². The van der Waals surface area contributed by atoms with E-state index in [1.165, 1.54) is 24.3 Å². The smallest absolute Gasteiger partial charge is 0.244 e. The fourth-order valence-electron chi connectivity index (χ4n) is 3.46. The minimum absolute atomic E-state index is 0.359. The number of carbonyl (C=O) groups is 1. The van der Waals surface area contributed by atoms with Crippen LogP contribution in [0.3, 0.4) is 0 Å². The van der Waals surface area contributed by atoms with Crippen LogP contribution in [0, 0.1) is 24.5 Å². The summed E-state index contributed by atoms with van der Waals surface area (Å²) < 4.78 is 56.6. The number of hydrogen-bond donors (Lipinski definition) is 2. The quantitative estimate of drug-likeness (QED) is 0.519. The van der Waals surface area contributed by atoms with E-state index in [0.717, 1.165) is 17.8 Å². The molecule has 0 bridgehead atoms. The molecule has 0 radical (unpaired) electrons. The van der Waals surface area contributed by atoms with Crippen molar-refractivity contribution >= 4 is 15.9 Å². The van der Waals surface area contributed by atoms with E-state index in [2.05, 4.69) is 15.1 Å². The molecule has 1 amide bonds. The third-order valence-electron chi connectivity index (χ3n) is 5.30. The van der Waals surface area contributed by atoms with Gasteiger partial charge in [-0.05, 0) is 56.2 Å². The Bertz CT molecular complexity index is 1240. The first-order chi connectivity index (χ1) is 15.5. The van der Waals surface area contributed by atoms with Crippen LogP contribution in [0.25, 0.3) is 5.69 Å². The molecule has 0 aliphatic heterocycles. The van der Waals surface area contributed by atoms with Gasteiger partial charge in [0.05, 0.1) is 17.9 Å². The van der Waals surface area contributed by atoms with E-state index in [-0.39, 0.29) is 5.82 Å². The van der Waals surface area contributed by atoms with Crippen molar-refractivity contribution in [1.29, 1.82) is 0 Å². The van der Waals surface area contributed by atoms with Gasteiger partial charge in [0.2, 0.25) is 15.9 Å². The van der Waals surface area contributed by atoms with E-state index in [1.54, 1.807) is 43.8 Å². The topological polar surface area (TPSA) is 93.1 Å². The van der Waals surface area contributed by atoms with Gasteiger partial charge in [0.1, 0.15) is 22.6 Å². The summed E-state index contributed by atoms with van der Waals surface area (Å²) in [4.78, 5) is 12.5. The summed E-state index contributed by atoms with van der Waals surface area (Å²) >= 11 is 0. The van der Waals surface area contributed by atoms with Gasteiger partial charge in [-0.15, -0.1) is 0 Å². The number of benzene rings is 2. The first-order valence-electron chi connectivity index (χ1n) is 10.4. The molecule has 1 unspecified atom stereocenters. The lowest BCUT2D eigenvalue weighted by Gasteiger charge is -2.24. The van der Waals surface area contributed by atoms with E-state index >= 15 is 0 Å². The molecule has 1 aromatic heterocycles. The summed E-state index contributed by atoms with van der Waals surface area (Å²) in [6.07, 6.45) is 1.59. The maximum absolute atomic E-state index is 14.0. The molecular formula is C23H26F2N4O3S. The number of rotatable bonds is 8. The molecule has 3 rings (SSSR count). The van der Waals surface area contributed by atoms with Crippen molar-refractivity contribution in [3.8, 4) is 5.69 Å². The van der Waals surface area contributed by atoms with Crippen molar-refractivity contribution in [1.82, 2.24) is 19.8 Å². The zero-order chi connectivity index (χ0) is 24.3. The normalized spacial score (nSPS) is 13.7. The van der Waals surface area contributed by atoms with Crippen LogP contribution >= 0.6 is 0 Å². The average Bonchev–Trinajstić information content (AvgIpc) is 3.14. The highest BCUT2D eigenvalue weighted by molar-refractivity contribution is 7.89. The van der Waals surface area contributed by atoms with Gasteiger partial charge in [-0.1, -0.05) is 26.0 Å². The predicted molar refractivity (Wildman–Crippen MR) is 120 cm³/mol. The molecule has 7 nitrogen and oxygen atoms in total. The zero-order valence-corrected chi connectivity index (χ0v) is 19.5. The molecule has 10 heteroatoms. The van der Waals surface area contributed by atoms with Crippen LogP contribution in [-0.4, -0.2) is 30.1 Å². The van der Waals surface area contributed by atoms with Crippen molar-refractivity contribution in [2.75, 3.05) is 0 Å². The third-order valence-corrected chi connectivity index (χ3v) is 6.78. The predicted octanol–water partition coefficient (Wildman–Crippen LogP) is 3.64. The van der Waals surface area contributed by atoms with Gasteiger partial charge in [-0.3, -0.25) is 4.79 Å². The number of hydrogen-bond acceptors (Lipinski definition) is 4. The van der Waals surface area contributed by atoms with Crippen molar-refractivity contribution in [2.24, 2.45) is 5.92 Å². The first kappa shape index (κ1) is 24.5. The van der Waals surface area contributed by atoms with Crippen LogP contribution in [0.1, 0.15) is 38.1 Å². The zero-order valence-electron chi connectivity index (χ0n) is 18.7. The minimum atomic E-state index is -4.26. The summed E-state index contributed by atoms with van der Waals surface area (Å²) in [5.41, 5.74) is 2.12. The molecule has 0 fully saturated rings. The van der Waals surface area contributed by atoms with E-state index in [4.69, 9.17) is 0 Å². The molecule has 1 heterocycles. The SMILES string of the molecule is Cc1c(C(C)NC(=O)[C@@H](NS(=O)(=O)c2ccccc2F)C(C)C)cnn1-c1ccc(F)cc1. The fraction of sp³-hybridized carbons (Fsp3) is 0.304. The Morgan fingerprint density at radius 3 is 2.27 bits per heavy atom. The Kier molecular flexibility index (Phi) is 7.28. The van der Waals surface area contributed by atoms with Crippen molar-refractivity contribution in [2.45, 2.75) is 44.7 Å². The van der Waals surface area contributed by atoms with Crippen LogP contribution in [0.5, 0.6) is 0 Å². The Balaban J connectivity index is 1.78. The number of sulfonamides is 1. The monoisotopic (exact) mass is 476 g/mol. The number of carbonyl (C=O) groups excluding carboxylic acids is 1. The minimum Gasteiger partial charge on any atom is -0.348 e. The Labute approximate surface area is 191 Å². The molecule has 0 aliphatic carbocycles. The van der Waals surface area contributed by atoms with E-state index < -0.39 is 44.6 Å². The Morgan fingerprint density at radius 1 is 1.03 bits per heavy atom.